The van der Waals surface area contributed by atoms with Crippen LogP contribution in [-0.2, 0) is 6.54 Å². The maximum absolute atomic E-state index is 12.4. The fourth-order valence-electron chi connectivity index (χ4n) is 3.61. The lowest BCUT2D eigenvalue weighted by Crippen LogP contribution is -2.39. The van der Waals surface area contributed by atoms with E-state index in [1.807, 2.05) is 28.7 Å². The molecule has 0 aliphatic carbocycles. The number of nitrogens with zero attached hydrogens (tertiary/aromatic N) is 3. The molecule has 1 saturated heterocycles. The van der Waals surface area contributed by atoms with Crippen LogP contribution in [0.15, 0.2) is 36.0 Å². The molecule has 1 aliphatic heterocycles. The van der Waals surface area contributed by atoms with Crippen molar-refractivity contribution in [2.24, 2.45) is 5.92 Å². The number of thiophene rings is 1. The van der Waals surface area contributed by atoms with E-state index in [1.165, 1.54) is 28.0 Å². The van der Waals surface area contributed by atoms with Crippen molar-refractivity contribution in [3.05, 3.63) is 52.0 Å². The quantitative estimate of drug-likeness (QED) is 0.705. The van der Waals surface area contributed by atoms with E-state index in [1.54, 1.807) is 0 Å². The molecule has 1 aromatic carbocycles. The van der Waals surface area contributed by atoms with E-state index in [4.69, 9.17) is 0 Å². The molecule has 0 atom stereocenters. The van der Waals surface area contributed by atoms with Crippen LogP contribution in [0.2, 0.25) is 0 Å². The highest BCUT2D eigenvalue weighted by molar-refractivity contribution is 7.12. The number of aryl methyl sites for hydroxylation is 2. The molecule has 0 radical (unpaired) electrons. The number of fused-ring (bicyclic) bond motifs is 1. The Balaban J connectivity index is 1.42. The summed E-state index contributed by atoms with van der Waals surface area (Å²) in [6.45, 7) is 6.98. The topological polar surface area (TPSA) is 38.1 Å². The van der Waals surface area contributed by atoms with Crippen LogP contribution in [0.25, 0.3) is 11.0 Å². The zero-order chi connectivity index (χ0) is 17.4. The highest BCUT2D eigenvalue weighted by Gasteiger charge is 2.24. The van der Waals surface area contributed by atoms with Crippen molar-refractivity contribution in [1.29, 1.82) is 0 Å². The van der Waals surface area contributed by atoms with E-state index in [9.17, 15) is 4.79 Å². The summed E-state index contributed by atoms with van der Waals surface area (Å²) in [6.07, 6.45) is 4.08. The molecule has 130 valence electrons. The Kier molecular flexibility index (Phi) is 4.34. The van der Waals surface area contributed by atoms with Gasteiger partial charge in [0.05, 0.1) is 22.2 Å². The van der Waals surface area contributed by atoms with Gasteiger partial charge in [0.15, 0.2) is 0 Å². The van der Waals surface area contributed by atoms with Gasteiger partial charge in [0.1, 0.15) is 0 Å². The molecule has 0 unspecified atom stereocenters. The minimum Gasteiger partial charge on any atom is -0.338 e. The Morgan fingerprint density at radius 1 is 1.24 bits per heavy atom. The van der Waals surface area contributed by atoms with Crippen LogP contribution >= 0.6 is 11.3 Å². The number of rotatable bonds is 3. The number of hydrogen-bond acceptors (Lipinski definition) is 3. The number of likely N-dealkylation sites (tertiary alicyclic amines) is 1. The van der Waals surface area contributed by atoms with Crippen LogP contribution < -0.4 is 0 Å². The number of piperidine rings is 1. The van der Waals surface area contributed by atoms with Gasteiger partial charge in [-0.3, -0.25) is 4.79 Å². The average molecular weight is 353 g/mol. The second-order valence-electron chi connectivity index (χ2n) is 7.03. The molecule has 5 heteroatoms. The number of amides is 1. The van der Waals surface area contributed by atoms with Gasteiger partial charge >= 0.3 is 0 Å². The van der Waals surface area contributed by atoms with Crippen LogP contribution in [0.3, 0.4) is 0 Å². The fourth-order valence-corrected chi connectivity index (χ4v) is 4.30. The molecule has 25 heavy (non-hydrogen) atoms. The summed E-state index contributed by atoms with van der Waals surface area (Å²) in [5.74, 6) is 0.791. The molecule has 3 heterocycles. The van der Waals surface area contributed by atoms with Crippen molar-refractivity contribution >= 4 is 28.3 Å². The molecule has 1 fully saturated rings. The van der Waals surface area contributed by atoms with E-state index in [0.29, 0.717) is 5.92 Å². The number of hydrogen-bond donors (Lipinski definition) is 0. The number of carbonyl (C=O) groups is 1. The second kappa shape index (κ2) is 6.64. The molecule has 4 nitrogen and oxygen atoms in total. The zero-order valence-electron chi connectivity index (χ0n) is 14.7. The number of aromatic nitrogens is 2. The van der Waals surface area contributed by atoms with E-state index >= 15 is 0 Å². The lowest BCUT2D eigenvalue weighted by molar-refractivity contribution is 0.0688. The van der Waals surface area contributed by atoms with Gasteiger partial charge in [0.2, 0.25) is 0 Å². The minimum absolute atomic E-state index is 0.188. The standard InChI is InChI=1S/C20H23N3OS/c1-14-10-17-18(11-15(14)2)23(13-21-17)12-16-5-7-22(8-6-16)20(24)19-4-3-9-25-19/h3-4,9-11,13,16H,5-8,12H2,1-2H3. The third kappa shape index (κ3) is 3.21. The molecule has 3 aromatic rings. The first kappa shape index (κ1) is 16.3. The van der Waals surface area contributed by atoms with E-state index < -0.39 is 0 Å². The van der Waals surface area contributed by atoms with Crippen LogP contribution in [0.1, 0.15) is 33.6 Å². The van der Waals surface area contributed by atoms with Crippen LogP contribution in [-0.4, -0.2) is 33.4 Å². The Labute approximate surface area is 152 Å². The molecule has 4 rings (SSSR count). The SMILES string of the molecule is Cc1cc2ncn(CC3CCN(C(=O)c4cccs4)CC3)c2cc1C. The Hall–Kier alpha value is -2.14. The Morgan fingerprint density at radius 2 is 2.00 bits per heavy atom. The predicted octanol–water partition coefficient (Wildman–Crippen LogP) is 4.27. The smallest absolute Gasteiger partial charge is 0.263 e. The normalized spacial score (nSPS) is 15.8. The third-order valence-corrected chi connectivity index (χ3v) is 6.18. The summed E-state index contributed by atoms with van der Waals surface area (Å²) >= 11 is 1.53. The monoisotopic (exact) mass is 353 g/mol. The van der Waals surface area contributed by atoms with Gasteiger partial charge in [-0.25, -0.2) is 4.98 Å². The Morgan fingerprint density at radius 3 is 2.72 bits per heavy atom. The number of carbonyl (C=O) groups excluding carboxylic acids is 1. The van der Waals surface area contributed by atoms with E-state index in [0.717, 1.165) is 42.9 Å². The lowest BCUT2D eigenvalue weighted by atomic mass is 9.96. The van der Waals surface area contributed by atoms with Gasteiger partial charge in [0, 0.05) is 19.6 Å². The lowest BCUT2D eigenvalue weighted by Gasteiger charge is -2.32. The zero-order valence-corrected chi connectivity index (χ0v) is 15.6. The summed E-state index contributed by atoms with van der Waals surface area (Å²) < 4.78 is 2.28. The summed E-state index contributed by atoms with van der Waals surface area (Å²) in [7, 11) is 0. The maximum Gasteiger partial charge on any atom is 0.263 e. The van der Waals surface area contributed by atoms with Gasteiger partial charge in [0.25, 0.3) is 5.91 Å². The van der Waals surface area contributed by atoms with E-state index in [-0.39, 0.29) is 5.91 Å². The van der Waals surface area contributed by atoms with Crippen LogP contribution in [0.4, 0.5) is 0 Å². The fraction of sp³-hybridized carbons (Fsp3) is 0.400. The molecule has 2 aromatic heterocycles. The Bertz CT molecular complexity index is 889. The summed E-state index contributed by atoms with van der Waals surface area (Å²) in [5, 5.41) is 1.97. The number of benzene rings is 1. The third-order valence-electron chi connectivity index (χ3n) is 5.33. The van der Waals surface area contributed by atoms with Crippen molar-refractivity contribution in [1.82, 2.24) is 14.5 Å². The van der Waals surface area contributed by atoms with Gasteiger partial charge in [-0.15, -0.1) is 11.3 Å². The minimum atomic E-state index is 0.188. The number of imidazole rings is 1. The molecule has 0 saturated carbocycles. The van der Waals surface area contributed by atoms with Gasteiger partial charge in [-0.05, 0) is 67.3 Å². The van der Waals surface area contributed by atoms with Crippen molar-refractivity contribution in [3.63, 3.8) is 0 Å². The average Bonchev–Trinajstić information content (AvgIpc) is 3.27. The summed E-state index contributed by atoms with van der Waals surface area (Å²) in [5.41, 5.74) is 4.90. The van der Waals surface area contributed by atoms with Crippen molar-refractivity contribution < 1.29 is 4.79 Å². The first-order chi connectivity index (χ1) is 12.1. The van der Waals surface area contributed by atoms with Crippen LogP contribution in [0.5, 0.6) is 0 Å². The first-order valence-electron chi connectivity index (χ1n) is 8.86. The van der Waals surface area contributed by atoms with Crippen molar-refractivity contribution in [3.8, 4) is 0 Å². The van der Waals surface area contributed by atoms with Gasteiger partial charge in [-0.1, -0.05) is 6.07 Å². The molecule has 1 amide bonds. The predicted molar refractivity (Wildman–Crippen MR) is 102 cm³/mol. The summed E-state index contributed by atoms with van der Waals surface area (Å²) in [6, 6.07) is 8.27. The maximum atomic E-state index is 12.4. The molecule has 0 spiro atoms. The van der Waals surface area contributed by atoms with Crippen molar-refractivity contribution in [2.75, 3.05) is 13.1 Å². The molecular formula is C20H23N3OS. The molecule has 0 bridgehead atoms. The highest BCUT2D eigenvalue weighted by Crippen LogP contribution is 2.25. The largest absolute Gasteiger partial charge is 0.338 e. The van der Waals surface area contributed by atoms with E-state index in [2.05, 4.69) is 35.5 Å². The van der Waals surface area contributed by atoms with Gasteiger partial charge < -0.3 is 9.47 Å². The van der Waals surface area contributed by atoms with Crippen molar-refractivity contribution in [2.45, 2.75) is 33.2 Å². The first-order valence-corrected chi connectivity index (χ1v) is 9.74. The highest BCUT2D eigenvalue weighted by atomic mass is 32.1. The van der Waals surface area contributed by atoms with Gasteiger partial charge in [-0.2, -0.15) is 0 Å². The molecule has 0 N–H and O–H groups in total. The molecular weight excluding hydrogens is 330 g/mol. The van der Waals surface area contributed by atoms with Crippen LogP contribution in [0, 0.1) is 19.8 Å². The second-order valence-corrected chi connectivity index (χ2v) is 7.98. The molecule has 1 aliphatic rings. The summed E-state index contributed by atoms with van der Waals surface area (Å²) in [4.78, 5) is 19.9.